The van der Waals surface area contributed by atoms with Gasteiger partial charge in [-0.3, -0.25) is 19.7 Å². The number of hydrogen-bond donors (Lipinski definition) is 2. The number of aromatic nitrogens is 3. The second-order valence-electron chi connectivity index (χ2n) is 8.39. The second kappa shape index (κ2) is 10.3. The summed E-state index contributed by atoms with van der Waals surface area (Å²) in [7, 11) is 0. The van der Waals surface area contributed by atoms with Gasteiger partial charge in [-0.15, -0.1) is 0 Å². The van der Waals surface area contributed by atoms with Crippen molar-refractivity contribution in [3.63, 3.8) is 0 Å². The number of nitro groups is 1. The van der Waals surface area contributed by atoms with Crippen LogP contribution in [0.4, 0.5) is 5.69 Å². The van der Waals surface area contributed by atoms with Crippen LogP contribution in [0.5, 0.6) is 5.75 Å². The Kier molecular flexibility index (Phi) is 6.73. The van der Waals surface area contributed by atoms with Crippen LogP contribution >= 0.6 is 11.6 Å². The van der Waals surface area contributed by atoms with Crippen LogP contribution in [-0.4, -0.2) is 32.0 Å². The molecule has 190 valence electrons. The zero-order valence-electron chi connectivity index (χ0n) is 19.8. The Hall–Kier alpha value is -4.80. The molecular weight excluding hydrogens is 510 g/mol. The highest BCUT2D eigenvalue weighted by atomic mass is 35.5. The van der Waals surface area contributed by atoms with Crippen molar-refractivity contribution in [3.8, 4) is 28.1 Å². The van der Waals surface area contributed by atoms with Crippen molar-refractivity contribution in [1.29, 1.82) is 0 Å². The highest BCUT2D eigenvalue weighted by Crippen LogP contribution is 2.36. The molecule has 3 aromatic carbocycles. The van der Waals surface area contributed by atoms with E-state index in [1.54, 1.807) is 12.1 Å². The Balaban J connectivity index is 1.79. The number of nitrogens with two attached hydrogens (primary N) is 1. The summed E-state index contributed by atoms with van der Waals surface area (Å²) in [6.07, 6.45) is 0.456. The zero-order chi connectivity index (χ0) is 26.8. The molecule has 0 aliphatic carbocycles. The Morgan fingerprint density at radius 1 is 1.08 bits per heavy atom. The molecule has 0 radical (unpaired) electrons. The quantitative estimate of drug-likeness (QED) is 0.138. The van der Waals surface area contributed by atoms with Crippen molar-refractivity contribution in [2.45, 2.75) is 6.42 Å². The first-order chi connectivity index (χ1) is 18.3. The molecule has 38 heavy (non-hydrogen) atoms. The van der Waals surface area contributed by atoms with Gasteiger partial charge in [0.25, 0.3) is 11.2 Å². The Morgan fingerprint density at radius 2 is 1.82 bits per heavy atom. The number of hydrogen-bond acceptors (Lipinski definition) is 7. The number of aromatic amines is 1. The molecule has 0 atom stereocenters. The number of nitrogens with one attached hydrogen (secondary N) is 1. The van der Waals surface area contributed by atoms with Gasteiger partial charge in [0.15, 0.2) is 0 Å². The van der Waals surface area contributed by atoms with E-state index in [4.69, 9.17) is 27.2 Å². The van der Waals surface area contributed by atoms with Crippen molar-refractivity contribution < 1.29 is 14.5 Å². The highest BCUT2D eigenvalue weighted by Gasteiger charge is 2.23. The summed E-state index contributed by atoms with van der Waals surface area (Å²) in [6, 6.07) is 21.9. The third kappa shape index (κ3) is 4.90. The summed E-state index contributed by atoms with van der Waals surface area (Å²) in [6.45, 7) is -0.434. The van der Waals surface area contributed by atoms with Gasteiger partial charge >= 0.3 is 5.97 Å². The second-order valence-corrected chi connectivity index (χ2v) is 8.82. The molecular formula is C27H20ClN5O5. The van der Waals surface area contributed by atoms with Crippen LogP contribution in [0.2, 0.25) is 5.02 Å². The normalized spacial score (nSPS) is 11.0. The summed E-state index contributed by atoms with van der Waals surface area (Å²) in [5, 5.41) is 16.8. The lowest BCUT2D eigenvalue weighted by atomic mass is 10.0. The number of nitrogens with zero attached hydrogens (tertiary/aromatic N) is 3. The van der Waals surface area contributed by atoms with Gasteiger partial charge in [0, 0.05) is 34.7 Å². The number of non-ortho nitro benzene ring substituents is 1. The molecule has 11 heteroatoms. The molecule has 0 unspecified atom stereocenters. The number of carbonyl (C=O) groups excluding carboxylic acids is 1. The van der Waals surface area contributed by atoms with Gasteiger partial charge in [-0.25, -0.2) is 4.52 Å². The number of H-pyrrole nitrogens is 1. The lowest BCUT2D eigenvalue weighted by Gasteiger charge is -2.11. The maximum Gasteiger partial charge on any atom is 0.325 e. The lowest BCUT2D eigenvalue weighted by Crippen LogP contribution is -2.20. The van der Waals surface area contributed by atoms with E-state index >= 15 is 0 Å². The van der Waals surface area contributed by atoms with Gasteiger partial charge in [0.05, 0.1) is 28.9 Å². The summed E-state index contributed by atoms with van der Waals surface area (Å²) >= 11 is 6.12. The van der Waals surface area contributed by atoms with Crippen LogP contribution in [0.15, 0.2) is 83.7 Å². The first-order valence-corrected chi connectivity index (χ1v) is 11.9. The van der Waals surface area contributed by atoms with E-state index in [9.17, 15) is 19.7 Å². The van der Waals surface area contributed by atoms with Crippen molar-refractivity contribution in [2.75, 3.05) is 6.54 Å². The molecule has 0 aliphatic rings. The van der Waals surface area contributed by atoms with Crippen molar-refractivity contribution in [1.82, 2.24) is 14.6 Å². The van der Waals surface area contributed by atoms with Gasteiger partial charge in [-0.05, 0) is 29.3 Å². The van der Waals surface area contributed by atoms with Gasteiger partial charge in [-0.1, -0.05) is 54.1 Å². The number of esters is 1. The van der Waals surface area contributed by atoms with Crippen LogP contribution < -0.4 is 16.0 Å². The molecule has 2 heterocycles. The average Bonchev–Trinajstić information content (AvgIpc) is 3.26. The minimum atomic E-state index is -0.792. The number of carbonyl (C=O) groups is 1. The molecule has 2 aromatic heterocycles. The molecule has 0 aliphatic heterocycles. The van der Waals surface area contributed by atoms with Crippen LogP contribution in [0.25, 0.3) is 28.0 Å². The van der Waals surface area contributed by atoms with E-state index < -0.39 is 23.0 Å². The van der Waals surface area contributed by atoms with Gasteiger partial charge in [0.1, 0.15) is 11.4 Å². The Bertz CT molecular complexity index is 1730. The lowest BCUT2D eigenvalue weighted by molar-refractivity contribution is -0.384. The number of fused-ring (bicyclic) bond motifs is 1. The third-order valence-corrected chi connectivity index (χ3v) is 6.14. The first-order valence-electron chi connectivity index (χ1n) is 11.5. The van der Waals surface area contributed by atoms with Crippen LogP contribution in [0.1, 0.15) is 11.3 Å². The highest BCUT2D eigenvalue weighted by molar-refractivity contribution is 6.30. The van der Waals surface area contributed by atoms with E-state index in [0.717, 1.165) is 17.2 Å². The smallest absolute Gasteiger partial charge is 0.325 e. The Labute approximate surface area is 220 Å². The number of benzene rings is 3. The van der Waals surface area contributed by atoms with Crippen LogP contribution in [0.3, 0.4) is 0 Å². The van der Waals surface area contributed by atoms with E-state index in [1.807, 2.05) is 42.5 Å². The number of nitro benzene ring substituents is 1. The summed E-state index contributed by atoms with van der Waals surface area (Å²) in [5.74, 6) is -0.908. The third-order valence-electron chi connectivity index (χ3n) is 5.89. The first kappa shape index (κ1) is 24.9. The van der Waals surface area contributed by atoms with Crippen LogP contribution in [-0.2, 0) is 11.2 Å². The fourth-order valence-corrected chi connectivity index (χ4v) is 4.33. The number of rotatable bonds is 7. The molecule has 0 fully saturated rings. The summed E-state index contributed by atoms with van der Waals surface area (Å²) in [5.41, 5.74) is 8.73. The van der Waals surface area contributed by atoms with Crippen LogP contribution in [0, 0.1) is 10.1 Å². The average molecular weight is 530 g/mol. The molecule has 0 bridgehead atoms. The largest absolute Gasteiger partial charge is 0.425 e. The summed E-state index contributed by atoms with van der Waals surface area (Å²) in [4.78, 5) is 38.6. The van der Waals surface area contributed by atoms with Crippen molar-refractivity contribution >= 4 is 28.9 Å². The molecule has 0 saturated carbocycles. The maximum absolute atomic E-state index is 12.9. The monoisotopic (exact) mass is 529 g/mol. The van der Waals surface area contributed by atoms with Gasteiger partial charge in [-0.2, -0.15) is 5.10 Å². The predicted molar refractivity (Wildman–Crippen MR) is 142 cm³/mol. The molecule has 10 nitrogen and oxygen atoms in total. The molecule has 3 N–H and O–H groups in total. The molecule has 0 amide bonds. The summed E-state index contributed by atoms with van der Waals surface area (Å²) < 4.78 is 6.86. The number of halogens is 1. The molecule has 0 spiro atoms. The van der Waals surface area contributed by atoms with E-state index in [-0.39, 0.29) is 22.7 Å². The van der Waals surface area contributed by atoms with Crippen molar-refractivity contribution in [2.24, 2.45) is 5.73 Å². The number of ether oxygens (including phenoxy) is 1. The van der Waals surface area contributed by atoms with E-state index in [1.165, 1.54) is 22.7 Å². The van der Waals surface area contributed by atoms with Crippen molar-refractivity contribution in [3.05, 3.63) is 116 Å². The molecule has 5 aromatic rings. The van der Waals surface area contributed by atoms with Gasteiger partial charge in [0.2, 0.25) is 0 Å². The van der Waals surface area contributed by atoms with E-state index in [0.29, 0.717) is 28.3 Å². The predicted octanol–water partition coefficient (Wildman–Crippen LogP) is 4.37. The fraction of sp³-hybridized carbons (Fsp3) is 0.0741. The minimum Gasteiger partial charge on any atom is -0.425 e. The fourth-order valence-electron chi connectivity index (χ4n) is 4.20. The topological polar surface area (TPSA) is 146 Å². The molecule has 0 saturated heterocycles. The Morgan fingerprint density at radius 3 is 2.50 bits per heavy atom. The maximum atomic E-state index is 12.9. The standard InChI is InChI=1S/C27H20ClN5O5/c28-18-8-6-17(7-9-18)26-21(12-16-4-2-1-3-5-16)31-32-22(14-24(34)30-27(26)32)20-11-10-19(33(36)37)13-23(20)38-25(35)15-29/h1-11,13-14H,12,15,29H2,(H,30,34). The SMILES string of the molecule is NCC(=O)Oc1cc([N+](=O)[O-])ccc1-c1cc(=O)[nH]c2c(-c3ccc(Cl)cc3)c(Cc3ccccc3)nn12. The molecule has 5 rings (SSSR count). The minimum absolute atomic E-state index is 0.116. The van der Waals surface area contributed by atoms with E-state index in [2.05, 4.69) is 4.98 Å². The zero-order valence-corrected chi connectivity index (χ0v) is 20.5. The van der Waals surface area contributed by atoms with Gasteiger partial charge < -0.3 is 15.5 Å².